The molecule has 1 fully saturated rings. The summed E-state index contributed by atoms with van der Waals surface area (Å²) in [6, 6.07) is 10.8. The second-order valence-corrected chi connectivity index (χ2v) is 6.56. The average Bonchev–Trinajstić information content (AvgIpc) is 3.13. The Morgan fingerprint density at radius 1 is 1.22 bits per heavy atom. The van der Waals surface area contributed by atoms with Gasteiger partial charge in [0.1, 0.15) is 18.1 Å². The van der Waals surface area contributed by atoms with E-state index in [1.54, 1.807) is 18.2 Å². The van der Waals surface area contributed by atoms with E-state index in [9.17, 15) is 9.59 Å². The van der Waals surface area contributed by atoms with Gasteiger partial charge in [-0.2, -0.15) is 0 Å². The number of halogens is 1. The summed E-state index contributed by atoms with van der Waals surface area (Å²) in [5, 5.41) is -0.299. The maximum Gasteiger partial charge on any atom is 0.293 e. The topological polar surface area (TPSA) is 59.8 Å². The van der Waals surface area contributed by atoms with E-state index in [2.05, 4.69) is 15.9 Å². The van der Waals surface area contributed by atoms with E-state index in [0.717, 1.165) is 16.2 Å². The maximum absolute atomic E-state index is 12.2. The van der Waals surface area contributed by atoms with Crippen LogP contribution < -0.4 is 4.74 Å². The minimum absolute atomic E-state index is 0.205. The maximum atomic E-state index is 12.2. The van der Waals surface area contributed by atoms with Crippen LogP contribution in [0.1, 0.15) is 5.76 Å². The summed E-state index contributed by atoms with van der Waals surface area (Å²) < 4.78 is 11.7. The van der Waals surface area contributed by atoms with Gasteiger partial charge in [0.2, 0.25) is 0 Å². The smallest absolute Gasteiger partial charge is 0.293 e. The molecule has 0 radical (unpaired) electrons. The fourth-order valence-corrected chi connectivity index (χ4v) is 3.09. The lowest BCUT2D eigenvalue weighted by atomic mass is 10.3. The molecule has 0 spiro atoms. The third-order valence-corrected chi connectivity index (χ3v) is 4.52. The summed E-state index contributed by atoms with van der Waals surface area (Å²) in [7, 11) is 0. The fourth-order valence-electron chi connectivity index (χ4n) is 1.98. The number of ether oxygens (including phenoxy) is 1. The number of amides is 2. The van der Waals surface area contributed by atoms with Crippen molar-refractivity contribution in [1.29, 1.82) is 0 Å². The molecule has 7 heteroatoms. The Labute approximate surface area is 145 Å². The van der Waals surface area contributed by atoms with Crippen LogP contribution in [0, 0.1) is 0 Å². The number of nitrogens with zero attached hydrogens (tertiary/aromatic N) is 1. The molecule has 0 atom stereocenters. The summed E-state index contributed by atoms with van der Waals surface area (Å²) >= 11 is 4.25. The van der Waals surface area contributed by atoms with Crippen LogP contribution in [-0.2, 0) is 4.79 Å². The van der Waals surface area contributed by atoms with Crippen LogP contribution in [0.4, 0.5) is 4.79 Å². The van der Waals surface area contributed by atoms with Crippen molar-refractivity contribution in [3.8, 4) is 5.75 Å². The lowest BCUT2D eigenvalue weighted by Crippen LogP contribution is -2.32. The quantitative estimate of drug-likeness (QED) is 0.713. The number of rotatable bonds is 5. The van der Waals surface area contributed by atoms with Crippen LogP contribution in [0.3, 0.4) is 0 Å². The Morgan fingerprint density at radius 3 is 2.70 bits per heavy atom. The highest BCUT2D eigenvalue weighted by molar-refractivity contribution is 9.10. The first kappa shape index (κ1) is 15.9. The third-order valence-electron chi connectivity index (χ3n) is 3.09. The molecule has 2 amide bonds. The molecule has 3 rings (SSSR count). The predicted octanol–water partition coefficient (Wildman–Crippen LogP) is 4.16. The first-order valence-electron chi connectivity index (χ1n) is 6.81. The SMILES string of the molecule is O=C1SC(=Cc2ccco2)C(=O)N1CCOc1ccc(Br)cc1. The highest BCUT2D eigenvalue weighted by Crippen LogP contribution is 2.32. The van der Waals surface area contributed by atoms with Gasteiger partial charge in [-0.3, -0.25) is 14.5 Å². The van der Waals surface area contributed by atoms with Gasteiger partial charge < -0.3 is 9.15 Å². The van der Waals surface area contributed by atoms with E-state index in [-0.39, 0.29) is 24.3 Å². The number of hydrogen-bond donors (Lipinski definition) is 0. The molecule has 5 nitrogen and oxygen atoms in total. The zero-order valence-electron chi connectivity index (χ0n) is 11.9. The number of carbonyl (C=O) groups excluding carboxylic acids is 2. The Kier molecular flexibility index (Phi) is 4.88. The molecular weight excluding hydrogens is 382 g/mol. The Bertz CT molecular complexity index is 740. The number of carbonyl (C=O) groups is 2. The van der Waals surface area contributed by atoms with E-state index in [1.165, 1.54) is 11.2 Å². The number of hydrogen-bond acceptors (Lipinski definition) is 5. The molecule has 0 saturated carbocycles. The lowest BCUT2D eigenvalue weighted by molar-refractivity contribution is -0.123. The molecule has 1 aliphatic rings. The van der Waals surface area contributed by atoms with Gasteiger partial charge in [-0.05, 0) is 48.2 Å². The van der Waals surface area contributed by atoms with Gasteiger partial charge in [0.05, 0.1) is 17.7 Å². The largest absolute Gasteiger partial charge is 0.492 e. The standard InChI is InChI=1S/C16H12BrNO4S/c17-11-3-5-12(6-4-11)22-9-7-18-15(19)14(23-16(18)20)10-13-2-1-8-21-13/h1-6,8,10H,7,9H2. The molecule has 2 heterocycles. The van der Waals surface area contributed by atoms with E-state index in [0.29, 0.717) is 16.4 Å². The molecular formula is C16H12BrNO4S. The van der Waals surface area contributed by atoms with Crippen molar-refractivity contribution in [3.05, 3.63) is 57.8 Å². The molecule has 2 aromatic rings. The van der Waals surface area contributed by atoms with Crippen LogP contribution >= 0.6 is 27.7 Å². The predicted molar refractivity (Wildman–Crippen MR) is 91.0 cm³/mol. The van der Waals surface area contributed by atoms with Crippen LogP contribution in [0.25, 0.3) is 6.08 Å². The van der Waals surface area contributed by atoms with Crippen LogP contribution in [0.15, 0.2) is 56.5 Å². The highest BCUT2D eigenvalue weighted by Gasteiger charge is 2.34. The van der Waals surface area contributed by atoms with E-state index < -0.39 is 0 Å². The Balaban J connectivity index is 1.59. The fraction of sp³-hybridized carbons (Fsp3) is 0.125. The summed E-state index contributed by atoms with van der Waals surface area (Å²) in [5.41, 5.74) is 0. The monoisotopic (exact) mass is 393 g/mol. The summed E-state index contributed by atoms with van der Waals surface area (Å²) in [4.78, 5) is 25.7. The van der Waals surface area contributed by atoms with E-state index >= 15 is 0 Å². The molecule has 0 bridgehead atoms. The van der Waals surface area contributed by atoms with Crippen LogP contribution in [0.2, 0.25) is 0 Å². The average molecular weight is 394 g/mol. The van der Waals surface area contributed by atoms with Crippen LogP contribution in [-0.4, -0.2) is 29.2 Å². The van der Waals surface area contributed by atoms with Gasteiger partial charge in [0, 0.05) is 10.5 Å². The van der Waals surface area contributed by atoms with Gasteiger partial charge in [0.25, 0.3) is 11.1 Å². The zero-order chi connectivity index (χ0) is 16.2. The summed E-state index contributed by atoms with van der Waals surface area (Å²) in [6.07, 6.45) is 3.09. The van der Waals surface area contributed by atoms with Crippen molar-refractivity contribution >= 4 is 44.9 Å². The van der Waals surface area contributed by atoms with Crippen molar-refractivity contribution in [2.45, 2.75) is 0 Å². The first-order valence-corrected chi connectivity index (χ1v) is 8.42. The molecule has 0 N–H and O–H groups in total. The van der Waals surface area contributed by atoms with Gasteiger partial charge in [-0.15, -0.1) is 0 Å². The van der Waals surface area contributed by atoms with Crippen molar-refractivity contribution in [3.63, 3.8) is 0 Å². The molecule has 1 aromatic heterocycles. The molecule has 0 aliphatic carbocycles. The van der Waals surface area contributed by atoms with Crippen molar-refractivity contribution < 1.29 is 18.7 Å². The van der Waals surface area contributed by atoms with Crippen molar-refractivity contribution in [1.82, 2.24) is 4.90 Å². The van der Waals surface area contributed by atoms with E-state index in [4.69, 9.17) is 9.15 Å². The second-order valence-electron chi connectivity index (χ2n) is 4.65. The molecule has 1 aliphatic heterocycles. The highest BCUT2D eigenvalue weighted by atomic mass is 79.9. The number of benzene rings is 1. The van der Waals surface area contributed by atoms with Gasteiger partial charge in [-0.1, -0.05) is 15.9 Å². The van der Waals surface area contributed by atoms with E-state index in [1.807, 2.05) is 24.3 Å². The number of imide groups is 1. The van der Waals surface area contributed by atoms with Crippen molar-refractivity contribution in [2.24, 2.45) is 0 Å². The van der Waals surface area contributed by atoms with Gasteiger partial charge in [0.15, 0.2) is 0 Å². The van der Waals surface area contributed by atoms with Crippen LogP contribution in [0.5, 0.6) is 5.75 Å². The molecule has 1 saturated heterocycles. The number of thioether (sulfide) groups is 1. The third kappa shape index (κ3) is 3.86. The lowest BCUT2D eigenvalue weighted by Gasteiger charge is -2.13. The first-order chi connectivity index (χ1) is 11.1. The normalized spacial score (nSPS) is 16.4. The zero-order valence-corrected chi connectivity index (χ0v) is 14.3. The minimum Gasteiger partial charge on any atom is -0.492 e. The Hall–Kier alpha value is -1.99. The molecule has 1 aromatic carbocycles. The summed E-state index contributed by atoms with van der Waals surface area (Å²) in [6.45, 7) is 0.448. The minimum atomic E-state index is -0.323. The molecule has 0 unspecified atom stereocenters. The summed E-state index contributed by atoms with van der Waals surface area (Å²) in [5.74, 6) is 0.906. The number of furan rings is 1. The van der Waals surface area contributed by atoms with Gasteiger partial charge >= 0.3 is 0 Å². The molecule has 23 heavy (non-hydrogen) atoms. The van der Waals surface area contributed by atoms with Gasteiger partial charge in [-0.25, -0.2) is 0 Å². The second kappa shape index (κ2) is 7.06. The Morgan fingerprint density at radius 2 is 2.00 bits per heavy atom. The molecule has 118 valence electrons. The van der Waals surface area contributed by atoms with Crippen molar-refractivity contribution in [2.75, 3.05) is 13.2 Å².